The molecule has 2 aliphatic rings. The Morgan fingerprint density at radius 1 is 1.56 bits per heavy atom. The second-order valence-corrected chi connectivity index (χ2v) is 5.55. The van der Waals surface area contributed by atoms with Crippen LogP contribution in [-0.4, -0.2) is 49.0 Å². The Kier molecular flexibility index (Phi) is 4.59. The zero-order valence-corrected chi connectivity index (χ0v) is 11.1. The topological polar surface area (TPSA) is 70.6 Å². The van der Waals surface area contributed by atoms with Crippen molar-refractivity contribution in [1.82, 2.24) is 10.6 Å². The predicted octanol–water partition coefficient (Wildman–Crippen LogP) is 0.0322. The van der Waals surface area contributed by atoms with E-state index in [1.807, 2.05) is 6.92 Å². The van der Waals surface area contributed by atoms with E-state index in [1.54, 1.807) is 0 Å². The summed E-state index contributed by atoms with van der Waals surface area (Å²) in [5, 5.41) is 16.0. The lowest BCUT2D eigenvalue weighted by Crippen LogP contribution is -2.45. The second kappa shape index (κ2) is 5.99. The number of nitrogens with one attached hydrogen (secondary N) is 2. The number of rotatable bonds is 6. The second-order valence-electron chi connectivity index (χ2n) is 5.55. The summed E-state index contributed by atoms with van der Waals surface area (Å²) in [5.41, 5.74) is -0.747. The summed E-state index contributed by atoms with van der Waals surface area (Å²) in [6.07, 6.45) is 3.62. The zero-order valence-electron chi connectivity index (χ0n) is 11.1. The molecule has 2 fully saturated rings. The van der Waals surface area contributed by atoms with Crippen LogP contribution in [0.5, 0.6) is 0 Å². The lowest BCUT2D eigenvalue weighted by atomic mass is 9.80. The summed E-state index contributed by atoms with van der Waals surface area (Å²) in [4.78, 5) is 11.7. The molecule has 104 valence electrons. The average molecular weight is 256 g/mol. The van der Waals surface area contributed by atoms with Crippen molar-refractivity contribution in [3.8, 4) is 0 Å². The largest absolute Gasteiger partial charge is 0.387 e. The maximum absolute atomic E-state index is 11.7. The lowest BCUT2D eigenvalue weighted by molar-refractivity contribution is -0.125. The summed E-state index contributed by atoms with van der Waals surface area (Å²) < 4.78 is 5.47. The van der Waals surface area contributed by atoms with E-state index in [4.69, 9.17) is 4.74 Å². The molecule has 2 rings (SSSR count). The zero-order chi connectivity index (χ0) is 13.0. The van der Waals surface area contributed by atoms with E-state index in [0.29, 0.717) is 38.0 Å². The van der Waals surface area contributed by atoms with Gasteiger partial charge in [-0.1, -0.05) is 0 Å². The Bertz CT molecular complexity index is 284. The van der Waals surface area contributed by atoms with Crippen LogP contribution in [-0.2, 0) is 9.53 Å². The van der Waals surface area contributed by atoms with Crippen molar-refractivity contribution in [3.05, 3.63) is 0 Å². The molecule has 1 unspecified atom stereocenters. The highest BCUT2D eigenvalue weighted by Gasteiger charge is 2.33. The van der Waals surface area contributed by atoms with Crippen LogP contribution >= 0.6 is 0 Å². The maximum atomic E-state index is 11.7. The minimum atomic E-state index is -0.747. The summed E-state index contributed by atoms with van der Waals surface area (Å²) in [6.45, 7) is 4.51. The lowest BCUT2D eigenvalue weighted by Gasteiger charge is -2.34. The predicted molar refractivity (Wildman–Crippen MR) is 68.2 cm³/mol. The number of hydrogen-bond acceptors (Lipinski definition) is 4. The number of aliphatic hydroxyl groups is 1. The number of amides is 1. The Morgan fingerprint density at radius 2 is 2.33 bits per heavy atom. The molecule has 1 saturated carbocycles. The van der Waals surface area contributed by atoms with Crippen LogP contribution in [0.3, 0.4) is 0 Å². The molecule has 0 aromatic heterocycles. The van der Waals surface area contributed by atoms with Crippen molar-refractivity contribution >= 4 is 5.91 Å². The molecule has 1 amide bonds. The normalized spacial score (nSPS) is 35.2. The highest BCUT2D eigenvalue weighted by atomic mass is 16.5. The molecule has 3 N–H and O–H groups in total. The third kappa shape index (κ3) is 3.67. The van der Waals surface area contributed by atoms with Gasteiger partial charge in [-0.3, -0.25) is 4.79 Å². The van der Waals surface area contributed by atoms with Crippen LogP contribution in [0.1, 0.15) is 32.6 Å². The SMILES string of the molecule is CCOC1CC(CC(=O)NCC2(O)CCNC2)C1. The molecule has 0 spiro atoms. The summed E-state index contributed by atoms with van der Waals surface area (Å²) >= 11 is 0. The number of ether oxygens (including phenoxy) is 1. The van der Waals surface area contributed by atoms with Gasteiger partial charge in [0.2, 0.25) is 5.91 Å². The van der Waals surface area contributed by atoms with E-state index in [0.717, 1.165) is 26.0 Å². The van der Waals surface area contributed by atoms with E-state index in [9.17, 15) is 9.90 Å². The molecule has 0 aromatic carbocycles. The van der Waals surface area contributed by atoms with Crippen molar-refractivity contribution in [2.24, 2.45) is 5.92 Å². The molecular formula is C13H24N2O3. The van der Waals surface area contributed by atoms with Crippen LogP contribution < -0.4 is 10.6 Å². The molecule has 5 nitrogen and oxygen atoms in total. The first kappa shape index (κ1) is 13.8. The van der Waals surface area contributed by atoms with Gasteiger partial charge in [0.25, 0.3) is 0 Å². The van der Waals surface area contributed by atoms with E-state index >= 15 is 0 Å². The Hall–Kier alpha value is -0.650. The van der Waals surface area contributed by atoms with Crippen LogP contribution in [0.15, 0.2) is 0 Å². The monoisotopic (exact) mass is 256 g/mol. The van der Waals surface area contributed by atoms with Gasteiger partial charge in [0.05, 0.1) is 11.7 Å². The number of β-amino-alcohol motifs (C(OH)–C–C–N with tert-alkyl or cyclic N) is 1. The Morgan fingerprint density at radius 3 is 2.94 bits per heavy atom. The highest BCUT2D eigenvalue weighted by molar-refractivity contribution is 5.76. The smallest absolute Gasteiger partial charge is 0.220 e. The van der Waals surface area contributed by atoms with Gasteiger partial charge in [0, 0.05) is 26.1 Å². The third-order valence-electron chi connectivity index (χ3n) is 3.90. The first-order valence-electron chi connectivity index (χ1n) is 6.93. The van der Waals surface area contributed by atoms with Gasteiger partial charge in [-0.05, 0) is 38.6 Å². The van der Waals surface area contributed by atoms with Crippen molar-refractivity contribution in [2.75, 3.05) is 26.2 Å². The first-order valence-corrected chi connectivity index (χ1v) is 6.93. The van der Waals surface area contributed by atoms with Crippen LogP contribution in [0.2, 0.25) is 0 Å². The molecule has 5 heteroatoms. The molecule has 0 aromatic rings. The maximum Gasteiger partial charge on any atom is 0.220 e. The van der Waals surface area contributed by atoms with Crippen molar-refractivity contribution in [2.45, 2.75) is 44.3 Å². The molecule has 18 heavy (non-hydrogen) atoms. The molecule has 1 aliphatic carbocycles. The molecular weight excluding hydrogens is 232 g/mol. The minimum absolute atomic E-state index is 0.0512. The van der Waals surface area contributed by atoms with Gasteiger partial charge in [0.15, 0.2) is 0 Å². The molecule has 0 radical (unpaired) electrons. The highest BCUT2D eigenvalue weighted by Crippen LogP contribution is 2.32. The van der Waals surface area contributed by atoms with Crippen LogP contribution in [0.25, 0.3) is 0 Å². The van der Waals surface area contributed by atoms with E-state index in [-0.39, 0.29) is 5.91 Å². The van der Waals surface area contributed by atoms with Crippen LogP contribution in [0, 0.1) is 5.92 Å². The fraction of sp³-hybridized carbons (Fsp3) is 0.923. The molecule has 1 aliphatic heterocycles. The standard InChI is InChI=1S/C13H24N2O3/c1-2-18-11-5-10(6-11)7-12(16)15-9-13(17)3-4-14-8-13/h10-11,14,17H,2-9H2,1H3,(H,15,16). The number of carbonyl (C=O) groups excluding carboxylic acids is 1. The molecule has 0 bridgehead atoms. The van der Waals surface area contributed by atoms with Gasteiger partial charge < -0.3 is 20.5 Å². The summed E-state index contributed by atoms with van der Waals surface area (Å²) in [6, 6.07) is 0. The first-order chi connectivity index (χ1) is 8.61. The van der Waals surface area contributed by atoms with Gasteiger partial charge in [0.1, 0.15) is 0 Å². The van der Waals surface area contributed by atoms with E-state index in [1.165, 1.54) is 0 Å². The summed E-state index contributed by atoms with van der Waals surface area (Å²) in [7, 11) is 0. The molecule has 1 saturated heterocycles. The Balaban J connectivity index is 1.59. The fourth-order valence-corrected chi connectivity index (χ4v) is 2.69. The van der Waals surface area contributed by atoms with Gasteiger partial charge in [-0.2, -0.15) is 0 Å². The van der Waals surface area contributed by atoms with E-state index < -0.39 is 5.60 Å². The average Bonchev–Trinajstić information content (AvgIpc) is 2.72. The van der Waals surface area contributed by atoms with Crippen molar-refractivity contribution < 1.29 is 14.6 Å². The Labute approximate surface area is 108 Å². The van der Waals surface area contributed by atoms with Gasteiger partial charge in [-0.25, -0.2) is 0 Å². The molecule has 1 atom stereocenters. The quantitative estimate of drug-likeness (QED) is 0.627. The van der Waals surface area contributed by atoms with Crippen molar-refractivity contribution in [3.63, 3.8) is 0 Å². The summed E-state index contributed by atoms with van der Waals surface area (Å²) in [5.74, 6) is 0.508. The minimum Gasteiger partial charge on any atom is -0.387 e. The number of carbonyl (C=O) groups is 1. The third-order valence-corrected chi connectivity index (χ3v) is 3.90. The number of hydrogen-bond donors (Lipinski definition) is 3. The van der Waals surface area contributed by atoms with Crippen LogP contribution in [0.4, 0.5) is 0 Å². The fourth-order valence-electron chi connectivity index (χ4n) is 2.69. The molecule has 1 heterocycles. The van der Waals surface area contributed by atoms with Crippen molar-refractivity contribution in [1.29, 1.82) is 0 Å². The van der Waals surface area contributed by atoms with Gasteiger partial charge in [-0.15, -0.1) is 0 Å². The van der Waals surface area contributed by atoms with Gasteiger partial charge >= 0.3 is 0 Å². The van der Waals surface area contributed by atoms with E-state index in [2.05, 4.69) is 10.6 Å².